The van der Waals surface area contributed by atoms with Crippen LogP contribution in [0.4, 0.5) is 19.0 Å². The Morgan fingerprint density at radius 2 is 1.95 bits per heavy atom. The van der Waals surface area contributed by atoms with E-state index in [0.717, 1.165) is 27.9 Å². The third kappa shape index (κ3) is 6.69. The van der Waals surface area contributed by atoms with Crippen molar-refractivity contribution in [3.05, 3.63) is 53.5 Å². The normalized spacial score (nSPS) is 22.6. The number of carbonyl (C=O) groups is 2. The number of carbonyl (C=O) groups excluding carboxylic acids is 2. The van der Waals surface area contributed by atoms with Gasteiger partial charge in [-0.25, -0.2) is 4.98 Å². The summed E-state index contributed by atoms with van der Waals surface area (Å²) in [4.78, 5) is 34.4. The molecular weight excluding hydrogens is 575 g/mol. The summed E-state index contributed by atoms with van der Waals surface area (Å²) >= 11 is 0. The first-order valence-corrected chi connectivity index (χ1v) is 14.9. The molecule has 13 heteroatoms. The topological polar surface area (TPSA) is 117 Å². The smallest absolute Gasteiger partial charge is 0.384 e. The maximum Gasteiger partial charge on any atom is 0.401 e. The van der Waals surface area contributed by atoms with Crippen LogP contribution >= 0.6 is 0 Å². The molecule has 3 aromatic heterocycles. The van der Waals surface area contributed by atoms with Gasteiger partial charge in [-0.15, -0.1) is 0 Å². The monoisotopic (exact) mass is 615 g/mol. The lowest BCUT2D eigenvalue weighted by atomic mass is 9.91. The number of hydrogen-bond donors (Lipinski definition) is 3. The van der Waals surface area contributed by atoms with Gasteiger partial charge in [-0.1, -0.05) is 0 Å². The van der Waals surface area contributed by atoms with Crippen molar-refractivity contribution >= 4 is 23.1 Å². The zero-order chi connectivity index (χ0) is 31.8. The summed E-state index contributed by atoms with van der Waals surface area (Å²) in [5.41, 5.74) is 10.4. The fraction of sp³-hybridized carbons (Fsp3) is 0.516. The molecule has 0 saturated carbocycles. The summed E-state index contributed by atoms with van der Waals surface area (Å²) < 4.78 is 46.6. The van der Waals surface area contributed by atoms with E-state index in [2.05, 4.69) is 20.5 Å². The molecule has 4 unspecified atom stereocenters. The number of alkyl halides is 3. The largest absolute Gasteiger partial charge is 0.401 e. The van der Waals surface area contributed by atoms with Crippen LogP contribution in [0.15, 0.2) is 36.7 Å². The average Bonchev–Trinajstić information content (AvgIpc) is 3.39. The molecule has 3 aromatic rings. The Morgan fingerprint density at radius 1 is 1.23 bits per heavy atom. The van der Waals surface area contributed by atoms with Crippen LogP contribution < -0.4 is 16.4 Å². The number of piperazine rings is 1. The van der Waals surface area contributed by atoms with Crippen molar-refractivity contribution in [3.8, 4) is 11.1 Å². The van der Waals surface area contributed by atoms with Crippen LogP contribution in [0.2, 0.25) is 0 Å². The molecule has 2 aliphatic heterocycles. The third-order valence-electron chi connectivity index (χ3n) is 8.90. The number of nitrogen functional groups attached to an aromatic ring is 1. The molecule has 5 rings (SSSR count). The van der Waals surface area contributed by atoms with Gasteiger partial charge in [-0.2, -0.15) is 13.2 Å². The van der Waals surface area contributed by atoms with Crippen molar-refractivity contribution in [3.63, 3.8) is 0 Å². The van der Waals surface area contributed by atoms with Crippen LogP contribution in [0.5, 0.6) is 0 Å². The third-order valence-corrected chi connectivity index (χ3v) is 8.90. The van der Waals surface area contributed by atoms with Gasteiger partial charge in [0, 0.05) is 86.7 Å². The van der Waals surface area contributed by atoms with Gasteiger partial charge in [-0.3, -0.25) is 19.4 Å². The molecule has 0 radical (unpaired) electrons. The van der Waals surface area contributed by atoms with E-state index >= 15 is 0 Å². The Kier molecular flexibility index (Phi) is 9.19. The van der Waals surface area contributed by atoms with Crippen molar-refractivity contribution in [2.24, 2.45) is 5.92 Å². The summed E-state index contributed by atoms with van der Waals surface area (Å²) in [5, 5.41) is 5.91. The highest BCUT2D eigenvalue weighted by atomic mass is 19.4. The first-order valence-electron chi connectivity index (χ1n) is 14.9. The van der Waals surface area contributed by atoms with Crippen LogP contribution in [0.3, 0.4) is 0 Å². The van der Waals surface area contributed by atoms with Gasteiger partial charge in [0.15, 0.2) is 0 Å². The molecule has 4 atom stereocenters. The van der Waals surface area contributed by atoms with Gasteiger partial charge in [0.1, 0.15) is 5.82 Å². The Labute approximate surface area is 254 Å². The van der Waals surface area contributed by atoms with E-state index in [1.807, 2.05) is 49.6 Å². The minimum Gasteiger partial charge on any atom is -0.384 e. The molecule has 0 spiro atoms. The predicted octanol–water partition coefficient (Wildman–Crippen LogP) is 3.40. The lowest BCUT2D eigenvalue weighted by molar-refractivity contribution is -0.149. The highest BCUT2D eigenvalue weighted by Gasteiger charge is 2.36. The summed E-state index contributed by atoms with van der Waals surface area (Å²) in [5.74, 6) is -0.618. The molecule has 4 N–H and O–H groups in total. The Balaban J connectivity index is 1.48. The number of halogens is 3. The molecule has 0 bridgehead atoms. The van der Waals surface area contributed by atoms with Crippen LogP contribution in [0, 0.1) is 12.8 Å². The van der Waals surface area contributed by atoms with Crippen molar-refractivity contribution in [1.29, 1.82) is 0 Å². The molecule has 44 heavy (non-hydrogen) atoms. The van der Waals surface area contributed by atoms with Crippen LogP contribution in [-0.2, 0) is 9.53 Å². The molecule has 10 nitrogen and oxygen atoms in total. The average molecular weight is 616 g/mol. The quantitative estimate of drug-likeness (QED) is 0.356. The summed E-state index contributed by atoms with van der Waals surface area (Å²) in [7, 11) is 1.57. The maximum absolute atomic E-state index is 13.8. The van der Waals surface area contributed by atoms with Gasteiger partial charge in [0.25, 0.3) is 5.91 Å². The summed E-state index contributed by atoms with van der Waals surface area (Å²) in [6, 6.07) is 7.16. The van der Waals surface area contributed by atoms with E-state index in [-0.39, 0.29) is 36.5 Å². The van der Waals surface area contributed by atoms with Gasteiger partial charge in [0.05, 0.1) is 24.1 Å². The lowest BCUT2D eigenvalue weighted by Crippen LogP contribution is -2.53. The summed E-state index contributed by atoms with van der Waals surface area (Å²) in [6.07, 6.45) is -0.283. The SMILES string of the molecule is COC1CC(C)NC(=O)C1CNC(=O)c1cc2c(-c3ccc(N)nc3)ccn2c(C(C)N2CCN(CC(F)(F)F)CC2)c1C. The number of nitrogens with zero attached hydrogens (tertiary/aromatic N) is 4. The molecular formula is C31H40F3N7O3. The highest BCUT2D eigenvalue weighted by Crippen LogP contribution is 2.34. The number of amides is 2. The Morgan fingerprint density at radius 3 is 2.59 bits per heavy atom. The zero-order valence-corrected chi connectivity index (χ0v) is 25.4. The second-order valence-electron chi connectivity index (χ2n) is 11.9. The standard InChI is InChI=1S/C31H40F3N7O3/c1-18-13-26(44-4)24(30(43)38-18)16-37-29(42)23-14-25-22(21-5-6-27(35)36-15-21)7-8-41(25)28(19(23)2)20(3)40-11-9-39(10-12-40)17-31(32,33)34/h5-8,14-15,18,20,24,26H,9-13,16-17H2,1-4H3,(H2,35,36)(H,37,42)(H,38,43). The van der Waals surface area contributed by atoms with E-state index in [4.69, 9.17) is 10.5 Å². The van der Waals surface area contributed by atoms with Gasteiger partial charge in [-0.05, 0) is 57.0 Å². The Bertz CT molecular complexity index is 1500. The van der Waals surface area contributed by atoms with Gasteiger partial charge < -0.3 is 25.5 Å². The zero-order valence-electron chi connectivity index (χ0n) is 25.4. The number of nitrogens with one attached hydrogen (secondary N) is 2. The van der Waals surface area contributed by atoms with E-state index in [1.165, 1.54) is 4.90 Å². The van der Waals surface area contributed by atoms with Crippen LogP contribution in [-0.4, -0.2) is 95.7 Å². The predicted molar refractivity (Wildman–Crippen MR) is 161 cm³/mol. The minimum atomic E-state index is -4.24. The molecule has 2 saturated heterocycles. The number of anilines is 1. The molecule has 2 amide bonds. The molecule has 2 aliphatic rings. The first kappa shape index (κ1) is 31.7. The first-order chi connectivity index (χ1) is 20.9. The number of pyridine rings is 2. The van der Waals surface area contributed by atoms with Crippen molar-refractivity contribution < 1.29 is 27.5 Å². The maximum atomic E-state index is 13.8. The van der Waals surface area contributed by atoms with Crippen LogP contribution in [0.1, 0.15) is 47.9 Å². The van der Waals surface area contributed by atoms with Crippen LogP contribution in [0.25, 0.3) is 16.6 Å². The second-order valence-corrected chi connectivity index (χ2v) is 11.9. The Hall–Kier alpha value is -3.68. The molecule has 238 valence electrons. The molecule has 0 aromatic carbocycles. The van der Waals surface area contributed by atoms with E-state index in [9.17, 15) is 22.8 Å². The number of nitrogens with two attached hydrogens (primary N) is 1. The molecule has 0 aliphatic carbocycles. The lowest BCUT2D eigenvalue weighted by Gasteiger charge is -2.39. The van der Waals surface area contributed by atoms with Crippen molar-refractivity contribution in [2.75, 3.05) is 52.1 Å². The fourth-order valence-electron chi connectivity index (χ4n) is 6.53. The number of piperidine rings is 1. The number of rotatable bonds is 8. The second kappa shape index (κ2) is 12.7. The molecule has 5 heterocycles. The number of methoxy groups -OCH3 is 1. The van der Waals surface area contributed by atoms with Crippen molar-refractivity contribution in [1.82, 2.24) is 29.8 Å². The van der Waals surface area contributed by atoms with Crippen molar-refractivity contribution in [2.45, 2.75) is 51.6 Å². The fourth-order valence-corrected chi connectivity index (χ4v) is 6.53. The number of hydrogen-bond acceptors (Lipinski definition) is 7. The van der Waals surface area contributed by atoms with E-state index in [1.54, 1.807) is 19.4 Å². The molecule has 2 fully saturated rings. The summed E-state index contributed by atoms with van der Waals surface area (Å²) in [6.45, 7) is 6.51. The number of aromatic nitrogens is 2. The number of fused-ring (bicyclic) bond motifs is 1. The van der Waals surface area contributed by atoms with E-state index in [0.29, 0.717) is 44.0 Å². The highest BCUT2D eigenvalue weighted by molar-refractivity contribution is 5.99. The van der Waals surface area contributed by atoms with Gasteiger partial charge in [0.2, 0.25) is 5.91 Å². The van der Waals surface area contributed by atoms with Gasteiger partial charge >= 0.3 is 6.18 Å². The minimum absolute atomic E-state index is 0.0148. The number of ether oxygens (including phenoxy) is 1. The van der Waals surface area contributed by atoms with E-state index < -0.39 is 18.6 Å².